The number of amides is 1. The minimum atomic E-state index is -0.256. The quantitative estimate of drug-likeness (QED) is 0.790. The number of nitrogens with one attached hydrogen (secondary N) is 1. The molecule has 89 valence electrons. The number of rotatable bonds is 4. The maximum atomic E-state index is 11.8. The minimum Gasteiger partial charge on any atom is -0.537 e. The second-order valence-corrected chi connectivity index (χ2v) is 3.42. The molecule has 0 unspecified atom stereocenters. The van der Waals surface area contributed by atoms with E-state index in [4.69, 9.17) is 9.68 Å². The minimum absolute atomic E-state index is 0.256. The second-order valence-electron chi connectivity index (χ2n) is 3.42. The summed E-state index contributed by atoms with van der Waals surface area (Å²) < 4.78 is 4.75. The molecule has 18 heavy (non-hydrogen) atoms. The highest BCUT2D eigenvalue weighted by molar-refractivity contribution is 6.17. The molecule has 1 aromatic heterocycles. The lowest BCUT2D eigenvalue weighted by molar-refractivity contribution is 0.102. The number of anilines is 1. The summed E-state index contributed by atoms with van der Waals surface area (Å²) in [7, 11) is 0.586. The van der Waals surface area contributed by atoms with E-state index in [0.29, 0.717) is 24.8 Å². The fourth-order valence-corrected chi connectivity index (χ4v) is 1.37. The lowest BCUT2D eigenvalue weighted by Gasteiger charge is -2.05. The Hall–Kier alpha value is -2.34. The number of pyridine rings is 1. The van der Waals surface area contributed by atoms with Gasteiger partial charge in [-0.05, 0) is 36.4 Å². The number of aromatic nitrogens is 1. The van der Waals surface area contributed by atoms with Crippen LogP contribution in [0.3, 0.4) is 0 Å². The van der Waals surface area contributed by atoms with Gasteiger partial charge in [0.2, 0.25) is 0 Å². The number of carbonyl (C=O) groups excluding carboxylic acids is 1. The standard InChI is InChI=1S/C12H10BN2O3/c16-12(15-11-3-1-2-8-14-11)9-4-6-10(7-5-9)18-13-17/h1-8,17H,(H,14,15,16). The van der Waals surface area contributed by atoms with Crippen LogP contribution in [0.2, 0.25) is 0 Å². The van der Waals surface area contributed by atoms with Crippen LogP contribution >= 0.6 is 0 Å². The molecule has 0 aliphatic rings. The molecule has 2 N–H and O–H groups in total. The van der Waals surface area contributed by atoms with Crippen molar-refractivity contribution in [1.82, 2.24) is 4.98 Å². The fraction of sp³-hybridized carbons (Fsp3) is 0. The van der Waals surface area contributed by atoms with Crippen LogP contribution in [-0.2, 0) is 0 Å². The third kappa shape index (κ3) is 3.08. The van der Waals surface area contributed by atoms with Crippen LogP contribution in [0, 0.1) is 0 Å². The average molecular weight is 241 g/mol. The molecule has 0 saturated heterocycles. The first-order valence-corrected chi connectivity index (χ1v) is 5.24. The van der Waals surface area contributed by atoms with Gasteiger partial charge in [0.1, 0.15) is 11.6 Å². The van der Waals surface area contributed by atoms with E-state index in [-0.39, 0.29) is 5.91 Å². The monoisotopic (exact) mass is 241 g/mol. The zero-order valence-electron chi connectivity index (χ0n) is 9.41. The Morgan fingerprint density at radius 3 is 2.61 bits per heavy atom. The first-order chi connectivity index (χ1) is 8.79. The van der Waals surface area contributed by atoms with Gasteiger partial charge in [-0.25, -0.2) is 4.98 Å². The summed E-state index contributed by atoms with van der Waals surface area (Å²) in [6, 6.07) is 11.6. The molecule has 0 spiro atoms. The lowest BCUT2D eigenvalue weighted by atomic mass is 10.2. The molecule has 5 nitrogen and oxygen atoms in total. The van der Waals surface area contributed by atoms with Crippen LogP contribution in [0.25, 0.3) is 0 Å². The summed E-state index contributed by atoms with van der Waals surface area (Å²) in [5.74, 6) is 0.687. The van der Waals surface area contributed by atoms with E-state index in [9.17, 15) is 4.79 Å². The Morgan fingerprint density at radius 1 is 1.22 bits per heavy atom. The Kier molecular flexibility index (Phi) is 3.93. The van der Waals surface area contributed by atoms with E-state index in [1.54, 1.807) is 48.7 Å². The first-order valence-electron chi connectivity index (χ1n) is 5.24. The second kappa shape index (κ2) is 5.83. The highest BCUT2D eigenvalue weighted by atomic mass is 16.5. The zero-order valence-corrected chi connectivity index (χ0v) is 9.41. The molecule has 0 fully saturated rings. The predicted molar refractivity (Wildman–Crippen MR) is 67.2 cm³/mol. The van der Waals surface area contributed by atoms with Gasteiger partial charge in [-0.1, -0.05) is 6.07 Å². The van der Waals surface area contributed by atoms with E-state index in [2.05, 4.69) is 10.3 Å². The van der Waals surface area contributed by atoms with Crippen molar-refractivity contribution in [2.24, 2.45) is 0 Å². The molecule has 0 atom stereocenters. The highest BCUT2D eigenvalue weighted by Crippen LogP contribution is 2.12. The highest BCUT2D eigenvalue weighted by Gasteiger charge is 2.06. The molecule has 1 aromatic carbocycles. The number of benzene rings is 1. The topological polar surface area (TPSA) is 71.5 Å². The maximum Gasteiger partial charge on any atom is 0.569 e. The van der Waals surface area contributed by atoms with Gasteiger partial charge in [-0.2, -0.15) is 0 Å². The van der Waals surface area contributed by atoms with Gasteiger partial charge in [-0.3, -0.25) is 4.79 Å². The fourth-order valence-electron chi connectivity index (χ4n) is 1.37. The van der Waals surface area contributed by atoms with Crippen molar-refractivity contribution < 1.29 is 14.5 Å². The molecule has 1 amide bonds. The summed E-state index contributed by atoms with van der Waals surface area (Å²) >= 11 is 0. The van der Waals surface area contributed by atoms with Gasteiger partial charge in [0.25, 0.3) is 5.91 Å². The summed E-state index contributed by atoms with van der Waals surface area (Å²) in [5, 5.41) is 11.1. The van der Waals surface area contributed by atoms with E-state index < -0.39 is 0 Å². The molecular weight excluding hydrogens is 231 g/mol. The molecule has 0 bridgehead atoms. The number of nitrogens with zero attached hydrogens (tertiary/aromatic N) is 1. The van der Waals surface area contributed by atoms with E-state index >= 15 is 0 Å². The molecule has 6 heteroatoms. The van der Waals surface area contributed by atoms with Crippen molar-refractivity contribution in [3.63, 3.8) is 0 Å². The Balaban J connectivity index is 2.05. The van der Waals surface area contributed by atoms with E-state index in [1.807, 2.05) is 0 Å². The van der Waals surface area contributed by atoms with Crippen molar-refractivity contribution in [2.75, 3.05) is 5.32 Å². The largest absolute Gasteiger partial charge is 0.569 e. The molecule has 0 aliphatic heterocycles. The van der Waals surface area contributed by atoms with Crippen molar-refractivity contribution >= 4 is 19.4 Å². The van der Waals surface area contributed by atoms with Gasteiger partial charge in [0, 0.05) is 11.8 Å². The van der Waals surface area contributed by atoms with Crippen molar-refractivity contribution in [2.45, 2.75) is 0 Å². The molecule has 2 aromatic rings. The van der Waals surface area contributed by atoms with Crippen molar-refractivity contribution in [3.8, 4) is 5.75 Å². The summed E-state index contributed by atoms with van der Waals surface area (Å²) in [6.45, 7) is 0. The van der Waals surface area contributed by atoms with Crippen LogP contribution < -0.4 is 9.97 Å². The zero-order chi connectivity index (χ0) is 12.8. The summed E-state index contributed by atoms with van der Waals surface area (Å²) in [4.78, 5) is 15.8. The molecule has 1 heterocycles. The third-order valence-corrected chi connectivity index (χ3v) is 2.21. The Morgan fingerprint density at radius 2 is 2.00 bits per heavy atom. The smallest absolute Gasteiger partial charge is 0.537 e. The maximum absolute atomic E-state index is 11.8. The number of carbonyl (C=O) groups is 1. The van der Waals surface area contributed by atoms with Crippen LogP contribution in [0.1, 0.15) is 10.4 Å². The Labute approximate surface area is 105 Å². The van der Waals surface area contributed by atoms with E-state index in [1.165, 1.54) is 0 Å². The van der Waals surface area contributed by atoms with Gasteiger partial charge >= 0.3 is 7.69 Å². The number of hydrogen-bond donors (Lipinski definition) is 2. The predicted octanol–water partition coefficient (Wildman–Crippen LogP) is 1.24. The van der Waals surface area contributed by atoms with Crippen LogP contribution in [0.5, 0.6) is 5.75 Å². The van der Waals surface area contributed by atoms with Crippen molar-refractivity contribution in [3.05, 3.63) is 54.2 Å². The van der Waals surface area contributed by atoms with Crippen molar-refractivity contribution in [1.29, 1.82) is 0 Å². The average Bonchev–Trinajstić information content (AvgIpc) is 2.41. The van der Waals surface area contributed by atoms with Crippen LogP contribution in [0.4, 0.5) is 5.82 Å². The van der Waals surface area contributed by atoms with Gasteiger partial charge < -0.3 is 15.0 Å². The molecule has 0 saturated carbocycles. The summed E-state index contributed by atoms with van der Waals surface area (Å²) in [6.07, 6.45) is 1.60. The van der Waals surface area contributed by atoms with Crippen LogP contribution in [-0.4, -0.2) is 23.6 Å². The normalized spacial score (nSPS) is 9.61. The number of hydrogen-bond acceptors (Lipinski definition) is 4. The van der Waals surface area contributed by atoms with E-state index in [0.717, 1.165) is 0 Å². The molecular formula is C12H10BN2O3. The van der Waals surface area contributed by atoms with Crippen LogP contribution in [0.15, 0.2) is 48.7 Å². The molecule has 1 radical (unpaired) electrons. The first kappa shape index (κ1) is 12.1. The SMILES string of the molecule is O=C(Nc1ccccn1)c1ccc(O[B]O)cc1. The Bertz CT molecular complexity index is 517. The molecule has 2 rings (SSSR count). The van der Waals surface area contributed by atoms with Gasteiger partial charge in [-0.15, -0.1) is 0 Å². The third-order valence-electron chi connectivity index (χ3n) is 2.21. The summed E-state index contributed by atoms with van der Waals surface area (Å²) in [5.41, 5.74) is 0.478. The van der Waals surface area contributed by atoms with Gasteiger partial charge in [0.05, 0.1) is 0 Å². The molecule has 0 aliphatic carbocycles. The lowest BCUT2D eigenvalue weighted by Crippen LogP contribution is -2.12. The van der Waals surface area contributed by atoms with Gasteiger partial charge in [0.15, 0.2) is 0 Å².